The Bertz CT molecular complexity index is 1780. The molecule has 11 nitrogen and oxygen atoms in total. The van der Waals surface area contributed by atoms with Crippen molar-refractivity contribution in [2.45, 2.75) is 51.1 Å². The van der Waals surface area contributed by atoms with Crippen LogP contribution in [0.15, 0.2) is 47.2 Å². The van der Waals surface area contributed by atoms with Crippen molar-refractivity contribution in [1.82, 2.24) is 10.2 Å². The van der Waals surface area contributed by atoms with Crippen LogP contribution < -0.4 is 15.8 Å². The minimum absolute atomic E-state index is 0.0237. The van der Waals surface area contributed by atoms with Crippen LogP contribution in [0.3, 0.4) is 0 Å². The fourth-order valence-corrected chi connectivity index (χ4v) is 8.00. The zero-order valence-electron chi connectivity index (χ0n) is 26.4. The number of nitrogens with two attached hydrogens (primary N) is 1. The summed E-state index contributed by atoms with van der Waals surface area (Å²) in [6.07, 6.45) is -4.60. The number of ether oxygens (including phenoxy) is 1. The first kappa shape index (κ1) is 33.9. The molecule has 0 bridgehead atoms. The van der Waals surface area contributed by atoms with Gasteiger partial charge in [0.15, 0.2) is 11.4 Å². The minimum atomic E-state index is -4.41. The average Bonchev–Trinajstić information content (AvgIpc) is 2.94. The molecule has 4 atom stereocenters. The van der Waals surface area contributed by atoms with E-state index in [1.807, 2.05) is 0 Å². The zero-order valence-corrected chi connectivity index (χ0v) is 26.4. The number of ketones is 2. The average molecular weight is 660 g/mol. The monoisotopic (exact) mass is 659 g/mol. The Morgan fingerprint density at radius 1 is 1.11 bits per heavy atom. The molecule has 1 amide bonds. The largest absolute Gasteiger partial charge is 0.508 e. The van der Waals surface area contributed by atoms with Gasteiger partial charge < -0.3 is 36.2 Å². The summed E-state index contributed by atoms with van der Waals surface area (Å²) in [7, 11) is 4.44. The molecule has 47 heavy (non-hydrogen) atoms. The van der Waals surface area contributed by atoms with Crippen molar-refractivity contribution in [3.8, 4) is 22.6 Å². The minimum Gasteiger partial charge on any atom is -0.508 e. The highest BCUT2D eigenvalue weighted by Gasteiger charge is 2.72. The lowest BCUT2D eigenvalue weighted by atomic mass is 9.46. The highest BCUT2D eigenvalue weighted by molar-refractivity contribution is 6.25. The third-order valence-electron chi connectivity index (χ3n) is 9.72. The van der Waals surface area contributed by atoms with Crippen molar-refractivity contribution in [2.24, 2.45) is 16.6 Å². The number of nitrogens with zero attached hydrogens (tertiary/aromatic N) is 1. The predicted molar refractivity (Wildman–Crippen MR) is 163 cm³/mol. The number of phenols is 1. The van der Waals surface area contributed by atoms with Gasteiger partial charge in [0.05, 0.1) is 25.3 Å². The molecule has 252 valence electrons. The van der Waals surface area contributed by atoms with Gasteiger partial charge in [0.2, 0.25) is 5.78 Å². The van der Waals surface area contributed by atoms with Crippen LogP contribution in [0.2, 0.25) is 0 Å². The smallest absolute Gasteiger partial charge is 0.401 e. The van der Waals surface area contributed by atoms with Gasteiger partial charge in [0.25, 0.3) is 5.91 Å². The number of aliphatic hydroxyl groups excluding tert-OH is 2. The number of alkyl halides is 3. The number of carbonyl (C=O) groups excluding carboxylic acids is 3. The fraction of sp³-hybridized carbons (Fsp3) is 0.424. The summed E-state index contributed by atoms with van der Waals surface area (Å²) >= 11 is 0. The number of aliphatic hydroxyl groups is 3. The van der Waals surface area contributed by atoms with Crippen LogP contribution in [0.4, 0.5) is 13.2 Å². The van der Waals surface area contributed by atoms with Gasteiger partial charge in [0, 0.05) is 28.5 Å². The number of carbonyl (C=O) groups is 3. The second-order valence-electron chi connectivity index (χ2n) is 13.2. The molecular weight excluding hydrogens is 623 g/mol. The molecule has 3 aliphatic carbocycles. The van der Waals surface area contributed by atoms with Crippen molar-refractivity contribution in [3.63, 3.8) is 0 Å². The molecule has 3 aliphatic rings. The number of amides is 1. The summed E-state index contributed by atoms with van der Waals surface area (Å²) in [5.74, 6) is -5.32. The van der Waals surface area contributed by atoms with Gasteiger partial charge in [-0.25, -0.2) is 0 Å². The zero-order chi connectivity index (χ0) is 35.0. The Balaban J connectivity index is 1.73. The molecule has 0 aromatic heterocycles. The standard InChI is InChI=1S/C33H36F3N3O8/c1-30-11-18-16(17-10-15(6-9-20(17)47-5)12-38-14-32(34,35)36)7-8-19(40)21(18)24(41)23(30)28(44)33(46)27(43)22(29(37)45)25(42)26(39(3)4)31(33,2)13-30/h6-10,26,38,40-41,43,46H,11-14H2,1-5H3,(H2,37,45)/t26-,30+,31+,33-/m1/s1. The van der Waals surface area contributed by atoms with E-state index in [9.17, 15) is 48.0 Å². The molecule has 1 saturated carbocycles. The number of benzene rings is 2. The highest BCUT2D eigenvalue weighted by atomic mass is 19.4. The van der Waals surface area contributed by atoms with Crippen molar-refractivity contribution >= 4 is 23.2 Å². The summed E-state index contributed by atoms with van der Waals surface area (Å²) in [6.45, 7) is 1.76. The normalized spacial score (nSPS) is 27.5. The second-order valence-corrected chi connectivity index (χ2v) is 13.2. The van der Waals surface area contributed by atoms with Crippen LogP contribution in [0, 0.1) is 10.8 Å². The molecule has 0 saturated heterocycles. The van der Waals surface area contributed by atoms with Crippen LogP contribution in [-0.2, 0) is 27.3 Å². The molecule has 0 radical (unpaired) electrons. The van der Waals surface area contributed by atoms with Gasteiger partial charge >= 0.3 is 6.18 Å². The number of hydrogen-bond acceptors (Lipinski definition) is 10. The van der Waals surface area contributed by atoms with E-state index in [0.717, 1.165) is 0 Å². The van der Waals surface area contributed by atoms with E-state index >= 15 is 0 Å². The lowest BCUT2D eigenvalue weighted by Crippen LogP contribution is -2.72. The maximum atomic E-state index is 14.4. The van der Waals surface area contributed by atoms with E-state index in [2.05, 4.69) is 5.32 Å². The van der Waals surface area contributed by atoms with Crippen LogP contribution in [0.5, 0.6) is 11.5 Å². The Kier molecular flexibility index (Phi) is 8.02. The Morgan fingerprint density at radius 2 is 1.77 bits per heavy atom. The van der Waals surface area contributed by atoms with Crippen molar-refractivity contribution < 1.29 is 52.7 Å². The van der Waals surface area contributed by atoms with Gasteiger partial charge in [-0.15, -0.1) is 0 Å². The third-order valence-corrected chi connectivity index (χ3v) is 9.72. The molecule has 7 N–H and O–H groups in total. The van der Waals surface area contributed by atoms with Gasteiger partial charge in [0.1, 0.15) is 28.6 Å². The predicted octanol–water partition coefficient (Wildman–Crippen LogP) is 3.07. The van der Waals surface area contributed by atoms with Crippen molar-refractivity contribution in [2.75, 3.05) is 27.7 Å². The number of likely N-dealkylation sites (N-methyl/N-ethyl adjacent to an activating group) is 1. The molecule has 5 rings (SSSR count). The summed E-state index contributed by atoms with van der Waals surface area (Å²) in [5, 5.41) is 48.5. The number of halogens is 3. The summed E-state index contributed by atoms with van der Waals surface area (Å²) in [6, 6.07) is 6.33. The van der Waals surface area contributed by atoms with E-state index in [0.29, 0.717) is 28.0 Å². The quantitative estimate of drug-likeness (QED) is 0.242. The molecule has 0 spiro atoms. The summed E-state index contributed by atoms with van der Waals surface area (Å²) in [5.41, 5.74) is -0.120. The topological polar surface area (TPSA) is 183 Å². The van der Waals surface area contributed by atoms with E-state index in [1.54, 1.807) is 31.2 Å². The molecule has 0 unspecified atom stereocenters. The molecule has 14 heteroatoms. The first-order valence-electron chi connectivity index (χ1n) is 14.7. The highest BCUT2D eigenvalue weighted by Crippen LogP contribution is 2.63. The number of primary amides is 1. The Morgan fingerprint density at radius 3 is 2.34 bits per heavy atom. The van der Waals surface area contributed by atoms with Gasteiger partial charge in [-0.1, -0.05) is 26.0 Å². The number of nitrogens with one attached hydrogen (secondary N) is 1. The number of aromatic hydroxyl groups is 1. The third kappa shape index (κ3) is 4.97. The maximum absolute atomic E-state index is 14.4. The van der Waals surface area contributed by atoms with Gasteiger partial charge in [-0.05, 0) is 61.8 Å². The van der Waals surface area contributed by atoms with E-state index in [1.165, 1.54) is 39.1 Å². The molecule has 0 heterocycles. The second kappa shape index (κ2) is 11.1. The molecule has 2 aromatic carbocycles. The van der Waals surface area contributed by atoms with E-state index in [4.69, 9.17) is 10.5 Å². The molecule has 2 aromatic rings. The van der Waals surface area contributed by atoms with Gasteiger partial charge in [-0.3, -0.25) is 19.3 Å². The van der Waals surface area contributed by atoms with Crippen LogP contribution in [-0.4, -0.2) is 88.4 Å². The molecular formula is C33H36F3N3O8. The number of methoxy groups -OCH3 is 1. The van der Waals surface area contributed by atoms with Crippen LogP contribution in [0.1, 0.15) is 37.0 Å². The SMILES string of the molecule is COc1ccc(CNCC(F)(F)F)cc1-c1ccc(O)c2c1C[C@@]1(C)C[C@@]3(C)[C@H](N(C)C)C(=O)C(C(N)=O)=C(O)[C@@]3(O)C(=O)C1=C2O. The first-order chi connectivity index (χ1) is 21.7. The fourth-order valence-electron chi connectivity index (χ4n) is 8.00. The summed E-state index contributed by atoms with van der Waals surface area (Å²) < 4.78 is 43.9. The summed E-state index contributed by atoms with van der Waals surface area (Å²) in [4.78, 5) is 41.8. The lowest BCUT2D eigenvalue weighted by molar-refractivity contribution is -0.176. The van der Waals surface area contributed by atoms with Crippen molar-refractivity contribution in [1.29, 1.82) is 0 Å². The van der Waals surface area contributed by atoms with Crippen LogP contribution >= 0.6 is 0 Å². The number of rotatable bonds is 7. The number of fused-ring (bicyclic) bond motifs is 3. The van der Waals surface area contributed by atoms with E-state index < -0.39 is 75.5 Å². The lowest BCUT2D eigenvalue weighted by Gasteiger charge is -2.59. The first-order valence-corrected chi connectivity index (χ1v) is 14.7. The Labute approximate surface area is 268 Å². The Hall–Kier alpha value is -4.40. The molecule has 0 aliphatic heterocycles. The maximum Gasteiger partial charge on any atom is 0.401 e. The number of Topliss-reactive ketones (excluding diaryl/α,β-unsaturated/α-hetero) is 2. The van der Waals surface area contributed by atoms with Gasteiger partial charge in [-0.2, -0.15) is 13.2 Å². The number of hydrogen-bond donors (Lipinski definition) is 6. The van der Waals surface area contributed by atoms with E-state index in [-0.39, 0.29) is 30.5 Å². The van der Waals surface area contributed by atoms with Crippen LogP contribution in [0.25, 0.3) is 16.9 Å². The van der Waals surface area contributed by atoms with Crippen molar-refractivity contribution in [3.05, 3.63) is 63.9 Å². The molecule has 1 fully saturated rings. The number of phenolic OH excluding ortho intramolecular Hbond substituents is 1.